The van der Waals surface area contributed by atoms with E-state index in [1.165, 1.54) is 96.3 Å². The third-order valence-electron chi connectivity index (χ3n) is 12.9. The van der Waals surface area contributed by atoms with E-state index >= 15 is 0 Å². The number of ether oxygens (including phenoxy) is 3. The molecular weight excluding hydrogens is 925 g/mol. The van der Waals surface area contributed by atoms with E-state index in [0.29, 0.717) is 19.3 Å². The van der Waals surface area contributed by atoms with Gasteiger partial charge in [0, 0.05) is 19.3 Å². The number of rotatable bonds is 55. The molecule has 426 valence electrons. The highest BCUT2D eigenvalue weighted by atomic mass is 16.6. The standard InChI is InChI=1S/C69H114O6/c1-4-7-10-13-16-19-22-24-26-28-30-32-34-36-38-40-42-44-47-50-53-56-59-62-68(71)74-65-66(64-73-67(70)61-58-55-52-49-46-21-18-15-12-9-6-3)75-69(72)63-60-57-54-51-48-45-43-41-39-37-35-33-31-29-27-25-23-20-17-14-11-8-5-2/h7,10,15-16,18-19,23-26,29-32,35-38,42,44,66H,4-6,8-9,11-14,17,20-22,27-28,33-34,39-41,43,45-65H2,1-3H3/b10-7-,18-15-,19-16-,25-23-,26-24-,31-29-,32-30-,37-35-,38-36-,44-42-. The summed E-state index contributed by atoms with van der Waals surface area (Å²) in [6, 6.07) is 0. The molecular formula is C69H114O6. The molecule has 0 aromatic rings. The highest BCUT2D eigenvalue weighted by Crippen LogP contribution is 2.14. The summed E-state index contributed by atoms with van der Waals surface area (Å²) < 4.78 is 16.9. The number of hydrogen-bond acceptors (Lipinski definition) is 6. The van der Waals surface area contributed by atoms with Crippen molar-refractivity contribution >= 4 is 17.9 Å². The zero-order valence-electron chi connectivity index (χ0n) is 48.8. The van der Waals surface area contributed by atoms with Gasteiger partial charge in [0.05, 0.1) is 0 Å². The molecule has 0 aliphatic rings. The van der Waals surface area contributed by atoms with Crippen molar-refractivity contribution in [1.82, 2.24) is 0 Å². The van der Waals surface area contributed by atoms with Crippen LogP contribution in [0, 0.1) is 0 Å². The van der Waals surface area contributed by atoms with Crippen molar-refractivity contribution in [2.75, 3.05) is 13.2 Å². The molecule has 0 spiro atoms. The topological polar surface area (TPSA) is 78.9 Å². The first-order chi connectivity index (χ1) is 37.0. The van der Waals surface area contributed by atoms with Gasteiger partial charge in [0.2, 0.25) is 0 Å². The average molecular weight is 1040 g/mol. The van der Waals surface area contributed by atoms with Gasteiger partial charge >= 0.3 is 17.9 Å². The Morgan fingerprint density at radius 3 is 0.867 bits per heavy atom. The highest BCUT2D eigenvalue weighted by Gasteiger charge is 2.19. The molecule has 1 unspecified atom stereocenters. The SMILES string of the molecule is CC/C=C\C/C=C\C/C=C\C/C=C\C/C=C\C/C=C\CCCCCCC(=O)OCC(COC(=O)CCCCCCC/C=C\CCCC)OC(=O)CCCCCCCCCC/C=C\C/C=C\C/C=C\CCCCCCC. The van der Waals surface area contributed by atoms with Crippen LogP contribution in [0.15, 0.2) is 122 Å². The monoisotopic (exact) mass is 1040 g/mol. The molecule has 1 atom stereocenters. The van der Waals surface area contributed by atoms with Gasteiger partial charge in [-0.3, -0.25) is 14.4 Å². The Balaban J connectivity index is 4.40. The van der Waals surface area contributed by atoms with Crippen molar-refractivity contribution < 1.29 is 28.6 Å². The summed E-state index contributed by atoms with van der Waals surface area (Å²) >= 11 is 0. The molecule has 0 rings (SSSR count). The van der Waals surface area contributed by atoms with Crippen molar-refractivity contribution in [3.63, 3.8) is 0 Å². The zero-order valence-corrected chi connectivity index (χ0v) is 48.8. The molecule has 0 aromatic heterocycles. The van der Waals surface area contributed by atoms with E-state index in [4.69, 9.17) is 14.2 Å². The summed E-state index contributed by atoms with van der Waals surface area (Å²) in [6.45, 7) is 6.45. The van der Waals surface area contributed by atoms with E-state index in [1.807, 2.05) is 0 Å². The first kappa shape index (κ1) is 70.8. The third kappa shape index (κ3) is 60.6. The van der Waals surface area contributed by atoms with E-state index in [0.717, 1.165) is 141 Å². The number of esters is 3. The minimum absolute atomic E-state index is 0.0964. The van der Waals surface area contributed by atoms with Crippen LogP contribution in [0.4, 0.5) is 0 Å². The van der Waals surface area contributed by atoms with Crippen LogP contribution < -0.4 is 0 Å². The lowest BCUT2D eigenvalue weighted by molar-refractivity contribution is -0.167. The Morgan fingerprint density at radius 2 is 0.533 bits per heavy atom. The molecule has 0 fully saturated rings. The molecule has 0 heterocycles. The van der Waals surface area contributed by atoms with Crippen molar-refractivity contribution in [2.45, 2.75) is 284 Å². The van der Waals surface area contributed by atoms with E-state index in [9.17, 15) is 14.4 Å². The Bertz CT molecular complexity index is 1570. The van der Waals surface area contributed by atoms with Gasteiger partial charge in [-0.25, -0.2) is 0 Å². The third-order valence-corrected chi connectivity index (χ3v) is 12.9. The number of allylic oxidation sites excluding steroid dienone is 20. The van der Waals surface area contributed by atoms with Crippen molar-refractivity contribution in [3.8, 4) is 0 Å². The van der Waals surface area contributed by atoms with E-state index in [-0.39, 0.29) is 31.1 Å². The molecule has 6 nitrogen and oxygen atoms in total. The molecule has 0 aliphatic heterocycles. The Hall–Kier alpha value is -4.19. The van der Waals surface area contributed by atoms with Crippen LogP contribution >= 0.6 is 0 Å². The van der Waals surface area contributed by atoms with Gasteiger partial charge in [0.25, 0.3) is 0 Å². The predicted molar refractivity (Wildman–Crippen MR) is 325 cm³/mol. The van der Waals surface area contributed by atoms with Crippen LogP contribution in [-0.4, -0.2) is 37.2 Å². The van der Waals surface area contributed by atoms with Crippen LogP contribution in [0.3, 0.4) is 0 Å². The molecule has 0 radical (unpaired) electrons. The Kier molecular flexibility index (Phi) is 58.9. The minimum atomic E-state index is -0.801. The molecule has 0 aromatic carbocycles. The maximum Gasteiger partial charge on any atom is 0.306 e. The quantitative estimate of drug-likeness (QED) is 0.0261. The largest absolute Gasteiger partial charge is 0.462 e. The number of unbranched alkanes of at least 4 members (excludes halogenated alkanes) is 24. The van der Waals surface area contributed by atoms with E-state index in [2.05, 4.69) is 142 Å². The molecule has 0 saturated heterocycles. The molecule has 0 amide bonds. The van der Waals surface area contributed by atoms with Crippen molar-refractivity contribution in [3.05, 3.63) is 122 Å². The van der Waals surface area contributed by atoms with Gasteiger partial charge < -0.3 is 14.2 Å². The summed E-state index contributed by atoms with van der Waals surface area (Å²) in [7, 11) is 0. The second-order valence-corrected chi connectivity index (χ2v) is 20.2. The van der Waals surface area contributed by atoms with E-state index < -0.39 is 6.10 Å². The molecule has 75 heavy (non-hydrogen) atoms. The number of hydrogen-bond donors (Lipinski definition) is 0. The van der Waals surface area contributed by atoms with Crippen LogP contribution in [0.25, 0.3) is 0 Å². The van der Waals surface area contributed by atoms with Crippen LogP contribution in [0.5, 0.6) is 0 Å². The fraction of sp³-hybridized carbons (Fsp3) is 0.667. The predicted octanol–water partition coefficient (Wildman–Crippen LogP) is 21.2. The fourth-order valence-electron chi connectivity index (χ4n) is 8.26. The molecule has 6 heteroatoms. The maximum atomic E-state index is 12.9. The molecule has 0 aliphatic carbocycles. The van der Waals surface area contributed by atoms with Gasteiger partial charge in [-0.05, 0) is 128 Å². The van der Waals surface area contributed by atoms with Gasteiger partial charge in [-0.15, -0.1) is 0 Å². The summed E-state index contributed by atoms with van der Waals surface area (Å²) in [6.07, 6.45) is 86.2. The van der Waals surface area contributed by atoms with Crippen LogP contribution in [0.2, 0.25) is 0 Å². The lowest BCUT2D eigenvalue weighted by Gasteiger charge is -2.18. The normalized spacial score (nSPS) is 12.9. The minimum Gasteiger partial charge on any atom is -0.462 e. The molecule has 0 N–H and O–H groups in total. The number of carbonyl (C=O) groups is 3. The summed E-state index contributed by atoms with van der Waals surface area (Å²) in [5, 5.41) is 0. The summed E-state index contributed by atoms with van der Waals surface area (Å²) in [5.74, 6) is -0.937. The number of carbonyl (C=O) groups excluding carboxylic acids is 3. The summed E-state index contributed by atoms with van der Waals surface area (Å²) in [5.41, 5.74) is 0. The second kappa shape index (κ2) is 62.4. The molecule has 0 bridgehead atoms. The summed E-state index contributed by atoms with van der Waals surface area (Å²) in [4.78, 5) is 38.2. The first-order valence-electron chi connectivity index (χ1n) is 31.0. The van der Waals surface area contributed by atoms with Gasteiger partial charge in [-0.2, -0.15) is 0 Å². The Morgan fingerprint density at radius 1 is 0.280 bits per heavy atom. The smallest absolute Gasteiger partial charge is 0.306 e. The lowest BCUT2D eigenvalue weighted by Crippen LogP contribution is -2.30. The zero-order chi connectivity index (χ0) is 54.3. The highest BCUT2D eigenvalue weighted by molar-refractivity contribution is 5.71. The lowest BCUT2D eigenvalue weighted by atomic mass is 10.1. The first-order valence-corrected chi connectivity index (χ1v) is 31.0. The van der Waals surface area contributed by atoms with Gasteiger partial charge in [0.15, 0.2) is 6.10 Å². The second-order valence-electron chi connectivity index (χ2n) is 20.2. The Labute approximate surface area is 462 Å². The van der Waals surface area contributed by atoms with Crippen molar-refractivity contribution in [1.29, 1.82) is 0 Å². The van der Waals surface area contributed by atoms with Crippen molar-refractivity contribution in [2.24, 2.45) is 0 Å². The fourth-order valence-corrected chi connectivity index (χ4v) is 8.26. The molecule has 0 saturated carbocycles. The van der Waals surface area contributed by atoms with E-state index in [1.54, 1.807) is 0 Å². The van der Waals surface area contributed by atoms with Crippen LogP contribution in [0.1, 0.15) is 278 Å². The average Bonchev–Trinajstić information content (AvgIpc) is 3.41. The van der Waals surface area contributed by atoms with Gasteiger partial charge in [-0.1, -0.05) is 251 Å². The maximum absolute atomic E-state index is 12.9. The van der Waals surface area contributed by atoms with Crippen LogP contribution in [-0.2, 0) is 28.6 Å². The van der Waals surface area contributed by atoms with Gasteiger partial charge in [0.1, 0.15) is 13.2 Å².